The summed E-state index contributed by atoms with van der Waals surface area (Å²) in [5.41, 5.74) is 0. The lowest BCUT2D eigenvalue weighted by atomic mass is 10.1. The summed E-state index contributed by atoms with van der Waals surface area (Å²) in [4.78, 5) is 38.2. The maximum Gasteiger partial charge on any atom is 0.306 e. The van der Waals surface area contributed by atoms with Crippen LogP contribution in [0.25, 0.3) is 0 Å². The summed E-state index contributed by atoms with van der Waals surface area (Å²) in [5, 5.41) is 0. The topological polar surface area (TPSA) is 78.9 Å². The van der Waals surface area contributed by atoms with Gasteiger partial charge < -0.3 is 14.2 Å². The Morgan fingerprint density at radius 1 is 0.280 bits per heavy atom. The van der Waals surface area contributed by atoms with Gasteiger partial charge in [-0.25, -0.2) is 0 Å². The van der Waals surface area contributed by atoms with Gasteiger partial charge in [0.15, 0.2) is 6.10 Å². The van der Waals surface area contributed by atoms with Crippen LogP contribution in [0.1, 0.15) is 252 Å². The molecule has 0 saturated carbocycles. The highest BCUT2D eigenvalue weighted by Gasteiger charge is 2.19. The molecule has 0 heterocycles. The molecule has 0 bridgehead atoms. The Hall–Kier alpha value is -4.71. The second-order valence-corrected chi connectivity index (χ2v) is 19.5. The van der Waals surface area contributed by atoms with Gasteiger partial charge in [-0.15, -0.1) is 0 Å². The Morgan fingerprint density at radius 3 is 0.907 bits per heavy atom. The van der Waals surface area contributed by atoms with Gasteiger partial charge in [0.1, 0.15) is 13.2 Å². The minimum absolute atomic E-state index is 0.122. The third kappa shape index (κ3) is 60.0. The van der Waals surface area contributed by atoms with Crippen LogP contribution in [0.5, 0.6) is 0 Å². The molecule has 0 amide bonds. The number of carbonyl (C=O) groups is 3. The summed E-state index contributed by atoms with van der Waals surface area (Å²) in [6, 6.07) is 0. The van der Waals surface area contributed by atoms with E-state index in [1.807, 2.05) is 12.2 Å². The predicted octanol–water partition coefficient (Wildman–Crippen LogP) is 20.8. The lowest BCUT2D eigenvalue weighted by Gasteiger charge is -2.18. The minimum atomic E-state index is -0.835. The molecule has 0 N–H and O–H groups in total. The van der Waals surface area contributed by atoms with Crippen molar-refractivity contribution in [2.45, 2.75) is 258 Å². The van der Waals surface area contributed by atoms with Gasteiger partial charge in [0.2, 0.25) is 0 Å². The average Bonchev–Trinajstić information content (AvgIpc) is 3.41. The van der Waals surface area contributed by atoms with Crippen molar-refractivity contribution >= 4 is 17.9 Å². The molecule has 422 valence electrons. The van der Waals surface area contributed by atoms with Gasteiger partial charge >= 0.3 is 17.9 Å². The van der Waals surface area contributed by atoms with Crippen LogP contribution in [0.2, 0.25) is 0 Å². The van der Waals surface area contributed by atoms with Crippen LogP contribution in [-0.2, 0) is 28.6 Å². The maximum absolute atomic E-state index is 12.9. The van der Waals surface area contributed by atoms with E-state index >= 15 is 0 Å². The summed E-state index contributed by atoms with van der Waals surface area (Å²) in [6.07, 6.45) is 88.5. The smallest absolute Gasteiger partial charge is 0.306 e. The molecule has 0 saturated heterocycles. The summed E-state index contributed by atoms with van der Waals surface area (Å²) in [7, 11) is 0. The highest BCUT2D eigenvalue weighted by Crippen LogP contribution is 2.14. The Balaban J connectivity index is 4.59. The van der Waals surface area contributed by atoms with Crippen molar-refractivity contribution in [3.63, 3.8) is 0 Å². The normalized spacial score (nSPS) is 13.2. The highest BCUT2D eigenvalue weighted by molar-refractivity contribution is 5.71. The molecule has 75 heavy (non-hydrogen) atoms. The van der Waals surface area contributed by atoms with E-state index < -0.39 is 6.10 Å². The van der Waals surface area contributed by atoms with Gasteiger partial charge in [-0.05, 0) is 135 Å². The van der Waals surface area contributed by atoms with Crippen molar-refractivity contribution in [3.05, 3.63) is 146 Å². The SMILES string of the molecule is CC/C=C\C/C=C\C/C=C\C/C=C\C/C=C\C/C=C\CCC(=O)OC[C@H](COC(=O)CCCCCCCCCCC/C=C\C/C=C\CCCCC)OC(=O)CCCCC/C=C\C/C=C\C/C=C\C/C=C\CCCCC. The molecule has 0 aliphatic rings. The fourth-order valence-electron chi connectivity index (χ4n) is 7.78. The Labute approximate surface area is 461 Å². The van der Waals surface area contributed by atoms with Crippen LogP contribution in [0, 0.1) is 0 Å². The van der Waals surface area contributed by atoms with Crippen LogP contribution in [0.3, 0.4) is 0 Å². The van der Waals surface area contributed by atoms with E-state index in [1.165, 1.54) is 96.3 Å². The molecule has 1 atom stereocenters. The van der Waals surface area contributed by atoms with E-state index in [2.05, 4.69) is 154 Å². The Kier molecular flexibility index (Phi) is 58.0. The van der Waals surface area contributed by atoms with Gasteiger partial charge in [0.25, 0.3) is 0 Å². The molecule has 0 aromatic carbocycles. The number of esters is 3. The van der Waals surface area contributed by atoms with Crippen molar-refractivity contribution in [2.24, 2.45) is 0 Å². The first-order valence-electron chi connectivity index (χ1n) is 30.3. The van der Waals surface area contributed by atoms with Crippen molar-refractivity contribution in [1.82, 2.24) is 0 Å². The van der Waals surface area contributed by atoms with Crippen LogP contribution < -0.4 is 0 Å². The van der Waals surface area contributed by atoms with Gasteiger partial charge in [0.05, 0.1) is 0 Å². The first-order chi connectivity index (χ1) is 37.0. The molecule has 0 fully saturated rings. The number of hydrogen-bond donors (Lipinski definition) is 0. The molecule has 0 unspecified atom stereocenters. The number of ether oxygens (including phenoxy) is 3. The molecular formula is C69H110O6. The third-order valence-electron chi connectivity index (χ3n) is 12.3. The number of unbranched alkanes of at least 4 members (excludes halogenated alkanes) is 18. The number of rotatable bonds is 53. The first-order valence-corrected chi connectivity index (χ1v) is 30.3. The number of allylic oxidation sites excluding steroid dienone is 24. The lowest BCUT2D eigenvalue weighted by Crippen LogP contribution is -2.30. The summed E-state index contributed by atoms with van der Waals surface area (Å²) < 4.78 is 16.8. The lowest BCUT2D eigenvalue weighted by molar-refractivity contribution is -0.166. The van der Waals surface area contributed by atoms with Crippen molar-refractivity contribution in [3.8, 4) is 0 Å². The van der Waals surface area contributed by atoms with Gasteiger partial charge in [0, 0.05) is 19.3 Å². The number of hydrogen-bond acceptors (Lipinski definition) is 6. The quantitative estimate of drug-likeness (QED) is 0.0261. The van der Waals surface area contributed by atoms with Crippen LogP contribution >= 0.6 is 0 Å². The van der Waals surface area contributed by atoms with E-state index in [-0.39, 0.29) is 44.0 Å². The van der Waals surface area contributed by atoms with E-state index in [1.54, 1.807) is 0 Å². The van der Waals surface area contributed by atoms with Crippen molar-refractivity contribution < 1.29 is 28.6 Å². The maximum atomic E-state index is 12.9. The zero-order valence-electron chi connectivity index (χ0n) is 48.3. The van der Waals surface area contributed by atoms with Crippen molar-refractivity contribution in [2.75, 3.05) is 13.2 Å². The summed E-state index contributed by atoms with van der Waals surface area (Å²) >= 11 is 0. The molecule has 6 heteroatoms. The standard InChI is InChI=1S/C69H110O6/c1-4-7-10-13-16-19-22-25-28-31-34-37-40-43-46-49-52-55-58-61-67(70)73-64-66(75-69(72)63-60-57-54-51-48-45-42-39-36-33-30-27-24-21-18-15-12-9-6-3)65-74-68(71)62-59-56-53-50-47-44-41-38-35-32-29-26-23-20-17-14-11-8-5-2/h7,10,16-21,25-30,34,36-37,39,43,45-46,48,52,55,66H,4-6,8-9,11-15,22-24,31-33,35,38,40-42,44,47,49-51,53-54,56-65H2,1-3H3/b10-7-,19-16-,20-17-,21-18-,28-25-,29-26-,30-27-,37-34-,39-36-,46-43-,48-45-,55-52-/t66-/m1/s1. The molecule has 0 radical (unpaired) electrons. The Morgan fingerprint density at radius 2 is 0.547 bits per heavy atom. The minimum Gasteiger partial charge on any atom is -0.462 e. The molecule has 0 aromatic heterocycles. The summed E-state index contributed by atoms with van der Waals surface area (Å²) in [6.45, 7) is 6.38. The highest BCUT2D eigenvalue weighted by atomic mass is 16.6. The van der Waals surface area contributed by atoms with E-state index in [9.17, 15) is 14.4 Å². The fourth-order valence-corrected chi connectivity index (χ4v) is 7.78. The molecule has 0 rings (SSSR count). The van der Waals surface area contributed by atoms with Crippen LogP contribution in [0.4, 0.5) is 0 Å². The average molecular weight is 1040 g/mol. The van der Waals surface area contributed by atoms with Crippen LogP contribution in [-0.4, -0.2) is 37.2 Å². The van der Waals surface area contributed by atoms with Crippen LogP contribution in [0.15, 0.2) is 146 Å². The monoisotopic (exact) mass is 1030 g/mol. The summed E-state index contributed by atoms with van der Waals surface area (Å²) in [5.74, 6) is -1.05. The van der Waals surface area contributed by atoms with E-state index in [0.29, 0.717) is 19.3 Å². The molecule has 0 spiro atoms. The second-order valence-electron chi connectivity index (χ2n) is 19.5. The molecule has 0 aliphatic heterocycles. The molecule has 0 aromatic rings. The van der Waals surface area contributed by atoms with Gasteiger partial charge in [-0.2, -0.15) is 0 Å². The van der Waals surface area contributed by atoms with E-state index in [0.717, 1.165) is 103 Å². The zero-order chi connectivity index (χ0) is 54.3. The first kappa shape index (κ1) is 70.3. The third-order valence-corrected chi connectivity index (χ3v) is 12.3. The second kappa shape index (κ2) is 61.8. The molecular weight excluding hydrogens is 925 g/mol. The number of carbonyl (C=O) groups excluding carboxylic acids is 3. The zero-order valence-corrected chi connectivity index (χ0v) is 48.3. The van der Waals surface area contributed by atoms with E-state index in [4.69, 9.17) is 14.2 Å². The fraction of sp³-hybridized carbons (Fsp3) is 0.609. The largest absolute Gasteiger partial charge is 0.462 e. The molecule has 0 aliphatic carbocycles. The Bertz CT molecular complexity index is 1660. The predicted molar refractivity (Wildman–Crippen MR) is 325 cm³/mol. The van der Waals surface area contributed by atoms with Crippen molar-refractivity contribution in [1.29, 1.82) is 0 Å². The van der Waals surface area contributed by atoms with Gasteiger partial charge in [-0.3, -0.25) is 14.4 Å². The van der Waals surface area contributed by atoms with Gasteiger partial charge in [-0.1, -0.05) is 244 Å². The molecule has 6 nitrogen and oxygen atoms in total.